The summed E-state index contributed by atoms with van der Waals surface area (Å²) >= 11 is 8.56. The van der Waals surface area contributed by atoms with Gasteiger partial charge in [-0.15, -0.1) is 0 Å². The van der Waals surface area contributed by atoms with E-state index in [4.69, 9.17) is 4.74 Å². The molecular formula is C7H6F3NOS3. The minimum absolute atomic E-state index is 0.0351. The number of alkyl halides is 3. The van der Waals surface area contributed by atoms with Gasteiger partial charge in [0.1, 0.15) is 4.88 Å². The molecule has 0 aromatic carbocycles. The standard InChI is InChI=1S/C7H6F3NOS3/c1-2-3-4(7(8,9)10)15-5(11-3)12-6(13)14/h2H2,1H3,(H,13,14). The SMILES string of the molecule is CCc1nc(OC(=S)S)sc1C(F)(F)F. The molecule has 0 atom stereocenters. The normalized spacial score (nSPS) is 11.5. The molecule has 8 heteroatoms. The Morgan fingerprint density at radius 3 is 2.53 bits per heavy atom. The molecule has 0 fully saturated rings. The fourth-order valence-electron chi connectivity index (χ4n) is 0.909. The fourth-order valence-corrected chi connectivity index (χ4v) is 2.07. The average Bonchev–Trinajstić information content (AvgIpc) is 2.45. The summed E-state index contributed by atoms with van der Waals surface area (Å²) in [5.74, 6) is 0. The second kappa shape index (κ2) is 4.67. The number of rotatable bonds is 2. The molecule has 0 radical (unpaired) electrons. The van der Waals surface area contributed by atoms with Crippen molar-refractivity contribution in [3.8, 4) is 5.19 Å². The number of nitrogens with zero attached hydrogens (tertiary/aromatic N) is 1. The Labute approximate surface area is 98.9 Å². The van der Waals surface area contributed by atoms with Crippen LogP contribution in [0.1, 0.15) is 17.5 Å². The van der Waals surface area contributed by atoms with Gasteiger partial charge in [0.15, 0.2) is 0 Å². The van der Waals surface area contributed by atoms with Crippen LogP contribution in [0.3, 0.4) is 0 Å². The second-order valence-corrected chi connectivity index (χ2v) is 4.52. The summed E-state index contributed by atoms with van der Waals surface area (Å²) in [5, 5.41) is -0.126. The summed E-state index contributed by atoms with van der Waals surface area (Å²) in [6, 6.07) is 0. The van der Waals surface area contributed by atoms with Crippen LogP contribution in [-0.4, -0.2) is 9.37 Å². The van der Waals surface area contributed by atoms with E-state index in [0.717, 1.165) is 0 Å². The molecule has 1 aromatic rings. The van der Waals surface area contributed by atoms with Gasteiger partial charge in [0, 0.05) is 0 Å². The van der Waals surface area contributed by atoms with Crippen LogP contribution in [0.2, 0.25) is 0 Å². The van der Waals surface area contributed by atoms with Crippen LogP contribution in [0, 0.1) is 0 Å². The van der Waals surface area contributed by atoms with Crippen LogP contribution in [0.5, 0.6) is 5.19 Å². The summed E-state index contributed by atoms with van der Waals surface area (Å²) < 4.78 is 41.9. The van der Waals surface area contributed by atoms with Gasteiger partial charge < -0.3 is 4.74 Å². The predicted molar refractivity (Wildman–Crippen MR) is 58.7 cm³/mol. The van der Waals surface area contributed by atoms with Gasteiger partial charge in [0.05, 0.1) is 5.69 Å². The molecular weight excluding hydrogens is 267 g/mol. The molecule has 15 heavy (non-hydrogen) atoms. The van der Waals surface area contributed by atoms with E-state index in [1.807, 2.05) is 0 Å². The average molecular weight is 273 g/mol. The lowest BCUT2D eigenvalue weighted by Gasteiger charge is -2.03. The summed E-state index contributed by atoms with van der Waals surface area (Å²) in [6.45, 7) is 1.59. The number of hydrogen-bond donors (Lipinski definition) is 1. The van der Waals surface area contributed by atoms with E-state index >= 15 is 0 Å². The third-order valence-corrected chi connectivity index (χ3v) is 2.64. The van der Waals surface area contributed by atoms with Crippen molar-refractivity contribution >= 4 is 40.6 Å². The number of halogens is 3. The molecule has 0 saturated carbocycles. The Kier molecular flexibility index (Phi) is 3.96. The third kappa shape index (κ3) is 3.32. The van der Waals surface area contributed by atoms with Gasteiger partial charge in [0.25, 0.3) is 5.19 Å². The van der Waals surface area contributed by atoms with Crippen molar-refractivity contribution in [1.82, 2.24) is 4.98 Å². The Morgan fingerprint density at radius 1 is 1.60 bits per heavy atom. The van der Waals surface area contributed by atoms with Crippen LogP contribution in [0.4, 0.5) is 13.2 Å². The lowest BCUT2D eigenvalue weighted by Crippen LogP contribution is -2.05. The molecule has 1 aromatic heterocycles. The van der Waals surface area contributed by atoms with Crippen molar-refractivity contribution in [3.63, 3.8) is 0 Å². The smallest absolute Gasteiger partial charge is 0.413 e. The Morgan fingerprint density at radius 2 is 2.20 bits per heavy atom. The summed E-state index contributed by atoms with van der Waals surface area (Å²) in [5.41, 5.74) is -0.0351. The van der Waals surface area contributed by atoms with Crippen molar-refractivity contribution in [2.24, 2.45) is 0 Å². The van der Waals surface area contributed by atoms with Crippen LogP contribution in [0.25, 0.3) is 0 Å². The number of thiol groups is 1. The molecule has 84 valence electrons. The van der Waals surface area contributed by atoms with E-state index in [0.29, 0.717) is 11.3 Å². The monoisotopic (exact) mass is 273 g/mol. The molecule has 0 saturated heterocycles. The number of hydrogen-bond acceptors (Lipinski definition) is 4. The highest BCUT2D eigenvalue weighted by atomic mass is 32.1. The van der Waals surface area contributed by atoms with Gasteiger partial charge in [0.2, 0.25) is 4.38 Å². The zero-order valence-electron chi connectivity index (χ0n) is 7.46. The fraction of sp³-hybridized carbons (Fsp3) is 0.429. The topological polar surface area (TPSA) is 22.1 Å². The van der Waals surface area contributed by atoms with Crippen molar-refractivity contribution in [2.75, 3.05) is 0 Å². The van der Waals surface area contributed by atoms with Gasteiger partial charge in [-0.05, 0) is 18.6 Å². The molecule has 0 spiro atoms. The van der Waals surface area contributed by atoms with Crippen LogP contribution in [0.15, 0.2) is 0 Å². The number of thiocarbonyl (C=S) groups is 1. The lowest BCUT2D eigenvalue weighted by atomic mass is 10.3. The molecule has 0 N–H and O–H groups in total. The number of aromatic nitrogens is 1. The van der Waals surface area contributed by atoms with Gasteiger partial charge in [-0.3, -0.25) is 0 Å². The van der Waals surface area contributed by atoms with Crippen LogP contribution < -0.4 is 4.74 Å². The highest BCUT2D eigenvalue weighted by Crippen LogP contribution is 2.39. The molecule has 1 heterocycles. The Balaban J connectivity index is 3.06. The van der Waals surface area contributed by atoms with Gasteiger partial charge in [-0.2, -0.15) is 13.2 Å². The zero-order valence-corrected chi connectivity index (χ0v) is 9.99. The van der Waals surface area contributed by atoms with Crippen molar-refractivity contribution < 1.29 is 17.9 Å². The molecule has 0 aliphatic rings. The Bertz CT molecular complexity index is 374. The highest BCUT2D eigenvalue weighted by molar-refractivity contribution is 8.10. The summed E-state index contributed by atoms with van der Waals surface area (Å²) in [4.78, 5) is 2.93. The first-order valence-corrected chi connectivity index (χ1v) is 5.49. The minimum Gasteiger partial charge on any atom is -0.413 e. The van der Waals surface area contributed by atoms with E-state index in [-0.39, 0.29) is 21.7 Å². The Hall–Kier alpha value is -0.340. The van der Waals surface area contributed by atoms with Gasteiger partial charge in [-0.25, -0.2) is 4.98 Å². The molecule has 0 unspecified atom stereocenters. The molecule has 0 amide bonds. The van der Waals surface area contributed by atoms with E-state index < -0.39 is 11.1 Å². The molecule has 0 bridgehead atoms. The van der Waals surface area contributed by atoms with Gasteiger partial charge in [-0.1, -0.05) is 30.9 Å². The molecule has 2 nitrogen and oxygen atoms in total. The third-order valence-electron chi connectivity index (χ3n) is 1.44. The highest BCUT2D eigenvalue weighted by Gasteiger charge is 2.37. The van der Waals surface area contributed by atoms with Crippen molar-refractivity contribution in [1.29, 1.82) is 0 Å². The van der Waals surface area contributed by atoms with E-state index in [2.05, 4.69) is 29.8 Å². The second-order valence-electron chi connectivity index (χ2n) is 2.47. The molecule has 0 aliphatic carbocycles. The maximum absolute atomic E-state index is 12.4. The van der Waals surface area contributed by atoms with E-state index in [9.17, 15) is 13.2 Å². The van der Waals surface area contributed by atoms with Gasteiger partial charge >= 0.3 is 6.18 Å². The lowest BCUT2D eigenvalue weighted by molar-refractivity contribution is -0.135. The van der Waals surface area contributed by atoms with E-state index in [1.54, 1.807) is 6.92 Å². The van der Waals surface area contributed by atoms with Crippen LogP contribution >= 0.6 is 36.2 Å². The number of ether oxygens (including phenoxy) is 1. The first-order chi connectivity index (χ1) is 6.84. The molecule has 0 aliphatic heterocycles. The number of thiazole rings is 1. The molecule has 1 rings (SSSR count). The first kappa shape index (κ1) is 12.7. The summed E-state index contributed by atoms with van der Waals surface area (Å²) in [7, 11) is 0. The zero-order chi connectivity index (χ0) is 11.6. The quantitative estimate of drug-likeness (QED) is 0.660. The maximum Gasteiger partial charge on any atom is 0.427 e. The summed E-state index contributed by atoms with van der Waals surface area (Å²) in [6.07, 6.45) is -4.21. The van der Waals surface area contributed by atoms with Crippen LogP contribution in [-0.2, 0) is 12.6 Å². The van der Waals surface area contributed by atoms with Crippen molar-refractivity contribution in [3.05, 3.63) is 10.6 Å². The first-order valence-electron chi connectivity index (χ1n) is 3.82. The largest absolute Gasteiger partial charge is 0.427 e. The van der Waals surface area contributed by atoms with Crippen molar-refractivity contribution in [2.45, 2.75) is 19.5 Å². The number of aryl methyl sites for hydroxylation is 1. The predicted octanol–water partition coefficient (Wildman–Crippen LogP) is 3.32. The maximum atomic E-state index is 12.4. The minimum atomic E-state index is -4.40. The van der Waals surface area contributed by atoms with E-state index in [1.165, 1.54) is 0 Å².